The zero-order valence-electron chi connectivity index (χ0n) is 16.0. The van der Waals surface area contributed by atoms with E-state index in [2.05, 4.69) is 33.7 Å². The van der Waals surface area contributed by atoms with Crippen molar-refractivity contribution in [2.24, 2.45) is 0 Å². The van der Waals surface area contributed by atoms with Crippen molar-refractivity contribution in [1.29, 1.82) is 0 Å². The second kappa shape index (κ2) is 8.48. The molecule has 29 heavy (non-hydrogen) atoms. The Hall–Kier alpha value is -3.13. The Morgan fingerprint density at radius 2 is 0.966 bits per heavy atom. The van der Waals surface area contributed by atoms with E-state index in [0.717, 1.165) is 33.4 Å². The van der Waals surface area contributed by atoms with Gasteiger partial charge in [-0.1, -0.05) is 97.1 Å². The largest absolute Gasteiger partial charge is 0.398 e. The van der Waals surface area contributed by atoms with Crippen molar-refractivity contribution in [3.63, 3.8) is 0 Å². The smallest absolute Gasteiger partial charge is 0.115 e. The summed E-state index contributed by atoms with van der Waals surface area (Å²) < 4.78 is 5.82. The van der Waals surface area contributed by atoms with Crippen LogP contribution in [0.1, 0.15) is 17.2 Å². The van der Waals surface area contributed by atoms with E-state index in [1.165, 1.54) is 0 Å². The Bertz CT molecular complexity index is 1030. The summed E-state index contributed by atoms with van der Waals surface area (Å²) in [5, 5.41) is 0. The van der Waals surface area contributed by atoms with Crippen LogP contribution in [0.25, 0.3) is 22.3 Å². The summed E-state index contributed by atoms with van der Waals surface area (Å²) in [6.07, 6.45) is -0.396. The molecule has 0 aliphatic heterocycles. The van der Waals surface area contributed by atoms with Gasteiger partial charge in [-0.2, -0.15) is 0 Å². The van der Waals surface area contributed by atoms with E-state index in [0.29, 0.717) is 11.4 Å². The highest BCUT2D eigenvalue weighted by Gasteiger charge is 2.22. The molecular weight excluding hydrogens is 375 g/mol. The van der Waals surface area contributed by atoms with Gasteiger partial charge < -0.3 is 16.0 Å². The van der Waals surface area contributed by atoms with E-state index >= 15 is 0 Å². The Labute approximate surface area is 173 Å². The highest BCUT2D eigenvalue weighted by Crippen LogP contribution is 2.41. The molecule has 0 bridgehead atoms. The van der Waals surface area contributed by atoms with Gasteiger partial charge in [0.2, 0.25) is 0 Å². The lowest BCUT2D eigenvalue weighted by Crippen LogP contribution is -2.09. The third kappa shape index (κ3) is 3.75. The lowest BCUT2D eigenvalue weighted by atomic mass is 9.91. The molecule has 0 radical (unpaired) electrons. The summed E-state index contributed by atoms with van der Waals surface area (Å²) >= 11 is 0. The third-order valence-electron chi connectivity index (χ3n) is 5.15. The molecule has 0 aliphatic carbocycles. The number of para-hydroxylation sites is 2. The number of nitrogen functional groups attached to an aromatic ring is 2. The summed E-state index contributed by atoms with van der Waals surface area (Å²) in [6, 6.07) is 32.3. The van der Waals surface area contributed by atoms with Crippen LogP contribution in [0.4, 0.5) is 11.4 Å². The van der Waals surface area contributed by atoms with Gasteiger partial charge in [0, 0.05) is 43.1 Å². The zero-order valence-corrected chi connectivity index (χ0v) is 17.1. The summed E-state index contributed by atoms with van der Waals surface area (Å²) in [6.45, 7) is 0. The molecule has 4 aromatic carbocycles. The van der Waals surface area contributed by atoms with Crippen LogP contribution in [-0.2, 0) is 4.52 Å². The van der Waals surface area contributed by atoms with Crippen LogP contribution in [0.15, 0.2) is 97.1 Å². The molecular formula is C25H23N2OP. The van der Waals surface area contributed by atoms with Gasteiger partial charge in [0.15, 0.2) is 0 Å². The van der Waals surface area contributed by atoms with Crippen molar-refractivity contribution >= 4 is 20.8 Å². The normalized spacial score (nSPS) is 11.0. The van der Waals surface area contributed by atoms with E-state index in [1.807, 2.05) is 72.8 Å². The van der Waals surface area contributed by atoms with Crippen LogP contribution in [0, 0.1) is 0 Å². The molecule has 0 aromatic heterocycles. The highest BCUT2D eigenvalue weighted by molar-refractivity contribution is 7.09. The van der Waals surface area contributed by atoms with E-state index in [1.54, 1.807) is 0 Å². The highest BCUT2D eigenvalue weighted by atomic mass is 31.0. The first-order valence-corrected chi connectivity index (χ1v) is 9.91. The van der Waals surface area contributed by atoms with Crippen molar-refractivity contribution in [2.45, 2.75) is 6.10 Å². The Kier molecular flexibility index (Phi) is 5.62. The molecule has 0 heterocycles. The van der Waals surface area contributed by atoms with E-state index in [4.69, 9.17) is 16.0 Å². The van der Waals surface area contributed by atoms with Gasteiger partial charge in [-0.15, -0.1) is 0 Å². The van der Waals surface area contributed by atoms with Crippen molar-refractivity contribution in [3.05, 3.63) is 108 Å². The first kappa shape index (κ1) is 19.2. The van der Waals surface area contributed by atoms with Crippen LogP contribution in [0.3, 0.4) is 0 Å². The van der Waals surface area contributed by atoms with Gasteiger partial charge in [-0.3, -0.25) is 0 Å². The number of rotatable bonds is 5. The predicted octanol–water partition coefficient (Wildman–Crippen LogP) is 6.08. The van der Waals surface area contributed by atoms with E-state index < -0.39 is 6.10 Å². The third-order valence-corrected chi connectivity index (χ3v) is 5.42. The van der Waals surface area contributed by atoms with Crippen LogP contribution < -0.4 is 11.5 Å². The summed E-state index contributed by atoms with van der Waals surface area (Å²) in [4.78, 5) is 0. The maximum atomic E-state index is 6.60. The maximum absolute atomic E-state index is 6.60. The van der Waals surface area contributed by atoms with Crippen molar-refractivity contribution in [1.82, 2.24) is 0 Å². The number of benzene rings is 4. The minimum absolute atomic E-state index is 0.396. The molecule has 1 unspecified atom stereocenters. The Morgan fingerprint density at radius 3 is 1.34 bits per heavy atom. The SMILES string of the molecule is Nc1c(-c2ccccc2)cccc1C(OP)c1cccc(-c2ccccc2)c1N. The van der Waals surface area contributed by atoms with Crippen molar-refractivity contribution in [3.8, 4) is 22.3 Å². The Balaban J connectivity index is 1.82. The average Bonchev–Trinajstić information content (AvgIpc) is 2.77. The van der Waals surface area contributed by atoms with Gasteiger partial charge >= 0.3 is 0 Å². The molecule has 1 atom stereocenters. The molecule has 4 heteroatoms. The molecule has 0 saturated carbocycles. The van der Waals surface area contributed by atoms with Gasteiger partial charge in [0.25, 0.3) is 0 Å². The second-order valence-corrected chi connectivity index (χ2v) is 7.14. The lowest BCUT2D eigenvalue weighted by molar-refractivity contribution is 0.295. The molecule has 0 amide bonds. The molecule has 0 spiro atoms. The molecule has 0 aliphatic rings. The Morgan fingerprint density at radius 1 is 0.552 bits per heavy atom. The molecule has 4 rings (SSSR count). The van der Waals surface area contributed by atoms with Crippen LogP contribution >= 0.6 is 9.47 Å². The zero-order chi connectivity index (χ0) is 20.2. The fourth-order valence-electron chi connectivity index (χ4n) is 3.68. The number of hydrogen-bond donors (Lipinski definition) is 2. The van der Waals surface area contributed by atoms with Crippen LogP contribution in [0.2, 0.25) is 0 Å². The molecule has 0 saturated heterocycles. The average molecular weight is 398 g/mol. The number of anilines is 2. The standard InChI is InChI=1S/C25H23N2OP/c26-23-19(17-9-3-1-4-10-17)13-7-15-21(23)25(28-29)22-16-8-14-20(24(22)27)18-11-5-2-6-12-18/h1-16,25H,26-27,29H2. The minimum Gasteiger partial charge on any atom is -0.398 e. The molecule has 3 nitrogen and oxygen atoms in total. The van der Waals surface area contributed by atoms with Gasteiger partial charge in [-0.05, 0) is 11.1 Å². The lowest BCUT2D eigenvalue weighted by Gasteiger charge is -2.22. The van der Waals surface area contributed by atoms with Gasteiger partial charge in [-0.25, -0.2) is 0 Å². The predicted molar refractivity (Wildman–Crippen MR) is 125 cm³/mol. The van der Waals surface area contributed by atoms with Gasteiger partial charge in [0.05, 0.1) is 0 Å². The topological polar surface area (TPSA) is 61.3 Å². The number of nitrogens with two attached hydrogens (primary N) is 2. The van der Waals surface area contributed by atoms with Crippen LogP contribution in [-0.4, -0.2) is 0 Å². The quantitative estimate of drug-likeness (QED) is 0.316. The molecule has 144 valence electrons. The monoisotopic (exact) mass is 398 g/mol. The summed E-state index contributed by atoms with van der Waals surface area (Å²) in [5.41, 5.74) is 20.5. The maximum Gasteiger partial charge on any atom is 0.115 e. The molecule has 4 N–H and O–H groups in total. The van der Waals surface area contributed by atoms with Crippen molar-refractivity contribution in [2.75, 3.05) is 11.5 Å². The summed E-state index contributed by atoms with van der Waals surface area (Å²) in [7, 11) is 2.36. The molecule has 0 fully saturated rings. The fraction of sp³-hybridized carbons (Fsp3) is 0.0400. The molecule has 4 aromatic rings. The van der Waals surface area contributed by atoms with E-state index in [-0.39, 0.29) is 0 Å². The fourth-order valence-corrected chi connectivity index (χ4v) is 3.97. The second-order valence-electron chi connectivity index (χ2n) is 6.87. The minimum atomic E-state index is -0.396. The van der Waals surface area contributed by atoms with Crippen LogP contribution in [0.5, 0.6) is 0 Å². The van der Waals surface area contributed by atoms with Crippen molar-refractivity contribution < 1.29 is 4.52 Å². The van der Waals surface area contributed by atoms with Gasteiger partial charge in [0.1, 0.15) is 6.10 Å². The van der Waals surface area contributed by atoms with E-state index in [9.17, 15) is 0 Å². The number of hydrogen-bond acceptors (Lipinski definition) is 3. The summed E-state index contributed by atoms with van der Waals surface area (Å²) in [5.74, 6) is 0. The first-order valence-electron chi connectivity index (χ1n) is 9.44. The first-order chi connectivity index (χ1) is 14.2.